The van der Waals surface area contributed by atoms with Crippen LogP contribution in [0.2, 0.25) is 0 Å². The third kappa shape index (κ3) is 4.20. The van der Waals surface area contributed by atoms with E-state index >= 15 is 0 Å². The number of sulfonamides is 1. The number of hydrogen-bond donors (Lipinski definition) is 2. The molecule has 2 aromatic carbocycles. The first kappa shape index (κ1) is 20.7. The highest BCUT2D eigenvalue weighted by Crippen LogP contribution is 2.15. The number of hydrogen-bond acceptors (Lipinski definition) is 5. The van der Waals surface area contributed by atoms with E-state index in [2.05, 4.69) is 15.4 Å². The molecule has 0 unspecified atom stereocenters. The number of nitrogens with one attached hydrogen (secondary N) is 2. The van der Waals surface area contributed by atoms with Gasteiger partial charge in [-0.1, -0.05) is 31.2 Å². The quantitative estimate of drug-likeness (QED) is 0.600. The van der Waals surface area contributed by atoms with Gasteiger partial charge in [0, 0.05) is 11.9 Å². The summed E-state index contributed by atoms with van der Waals surface area (Å²) in [5, 5.41) is 4.85. The molecule has 9 heteroatoms. The maximum atomic E-state index is 12.7. The van der Waals surface area contributed by atoms with Gasteiger partial charge in [-0.2, -0.15) is 5.10 Å². The van der Waals surface area contributed by atoms with Crippen LogP contribution in [0.3, 0.4) is 0 Å². The molecule has 8 nitrogen and oxygen atoms in total. The van der Waals surface area contributed by atoms with Gasteiger partial charge in [-0.25, -0.2) is 13.1 Å². The number of fused-ring (bicyclic) bond motifs is 1. The predicted octanol–water partition coefficient (Wildman–Crippen LogP) is 2.05. The Labute approximate surface area is 168 Å². The minimum atomic E-state index is -3.96. The van der Waals surface area contributed by atoms with E-state index < -0.39 is 15.9 Å². The zero-order valence-corrected chi connectivity index (χ0v) is 17.2. The Bertz CT molecular complexity index is 1250. The maximum absolute atomic E-state index is 12.7. The topological polar surface area (TPSA) is 110 Å². The first-order chi connectivity index (χ1) is 13.7. The third-order valence-corrected chi connectivity index (χ3v) is 5.85. The number of nitrogens with zero attached hydrogens (tertiary/aromatic N) is 2. The van der Waals surface area contributed by atoms with Crippen LogP contribution in [0.5, 0.6) is 0 Å². The van der Waals surface area contributed by atoms with E-state index in [0.717, 1.165) is 11.1 Å². The summed E-state index contributed by atoms with van der Waals surface area (Å²) in [6.07, 6.45) is 0.658. The largest absolute Gasteiger partial charge is 0.287 e. The lowest BCUT2D eigenvalue weighted by molar-refractivity contribution is 0.0939. The molecule has 0 aliphatic rings. The molecule has 0 aliphatic heterocycles. The van der Waals surface area contributed by atoms with Crippen molar-refractivity contribution in [2.24, 2.45) is 0 Å². The fourth-order valence-corrected chi connectivity index (χ4v) is 3.80. The van der Waals surface area contributed by atoms with Crippen molar-refractivity contribution in [1.82, 2.24) is 20.0 Å². The van der Waals surface area contributed by atoms with Crippen LogP contribution in [-0.4, -0.2) is 24.1 Å². The molecule has 0 aliphatic carbocycles. The van der Waals surface area contributed by atoms with Crippen molar-refractivity contribution in [3.63, 3.8) is 0 Å². The summed E-state index contributed by atoms with van der Waals surface area (Å²) in [5.74, 6) is -0.751. The molecule has 0 fully saturated rings. The molecular weight excluding hydrogens is 392 g/mol. The molecule has 29 heavy (non-hydrogen) atoms. The highest BCUT2D eigenvalue weighted by atomic mass is 32.2. The summed E-state index contributed by atoms with van der Waals surface area (Å²) in [6.45, 7) is 5.92. The molecule has 0 spiro atoms. The maximum Gasteiger partial charge on any atom is 0.287 e. The summed E-state index contributed by atoms with van der Waals surface area (Å²) in [5.41, 5.74) is 3.65. The summed E-state index contributed by atoms with van der Waals surface area (Å²) < 4.78 is 26.3. The molecule has 0 saturated heterocycles. The van der Waals surface area contributed by atoms with Crippen LogP contribution in [0.1, 0.15) is 35.0 Å². The van der Waals surface area contributed by atoms with Gasteiger partial charge in [-0.3, -0.25) is 15.0 Å². The van der Waals surface area contributed by atoms with Gasteiger partial charge in [0.1, 0.15) is 0 Å². The van der Waals surface area contributed by atoms with E-state index in [1.807, 2.05) is 13.8 Å². The van der Waals surface area contributed by atoms with Gasteiger partial charge in [0.15, 0.2) is 5.69 Å². The number of benzene rings is 2. The minimum absolute atomic E-state index is 0.0311. The summed E-state index contributed by atoms with van der Waals surface area (Å²) >= 11 is 0. The van der Waals surface area contributed by atoms with Crippen molar-refractivity contribution in [3.8, 4) is 0 Å². The molecule has 0 radical (unpaired) electrons. The molecule has 1 aromatic heterocycles. The lowest BCUT2D eigenvalue weighted by Gasteiger charge is -2.12. The Morgan fingerprint density at radius 1 is 1.07 bits per heavy atom. The molecule has 3 aromatic rings. The fourth-order valence-electron chi connectivity index (χ4n) is 2.88. The molecule has 0 bridgehead atoms. The third-order valence-electron chi connectivity index (χ3n) is 4.61. The monoisotopic (exact) mass is 414 g/mol. The van der Waals surface area contributed by atoms with Gasteiger partial charge in [-0.05, 0) is 49.6 Å². The minimum Gasteiger partial charge on any atom is -0.272 e. The van der Waals surface area contributed by atoms with Crippen molar-refractivity contribution >= 4 is 26.7 Å². The Morgan fingerprint density at radius 3 is 2.41 bits per heavy atom. The van der Waals surface area contributed by atoms with Gasteiger partial charge in [0.05, 0.1) is 10.3 Å². The van der Waals surface area contributed by atoms with E-state index in [1.54, 1.807) is 37.3 Å². The summed E-state index contributed by atoms with van der Waals surface area (Å²) in [4.78, 5) is 27.4. The highest BCUT2D eigenvalue weighted by molar-refractivity contribution is 7.89. The van der Waals surface area contributed by atoms with Crippen LogP contribution >= 0.6 is 0 Å². The Kier molecular flexibility index (Phi) is 5.81. The van der Waals surface area contributed by atoms with Crippen LogP contribution in [-0.2, 0) is 16.6 Å². The van der Waals surface area contributed by atoms with Crippen molar-refractivity contribution in [1.29, 1.82) is 0 Å². The first-order valence-corrected chi connectivity index (χ1v) is 10.6. The standard InChI is InChI=1S/C20H22N4O4S/c1-4-11-24-20(26)17-8-6-5-7-16(17)18(22-24)19(25)21-23-29(27,28)15-10-9-13(2)14(3)12-15/h5-10,12,23H,4,11H2,1-3H3,(H,21,25). The van der Waals surface area contributed by atoms with Crippen LogP contribution in [0.25, 0.3) is 10.8 Å². The molecule has 3 rings (SSSR count). The Hall–Kier alpha value is -3.04. The number of rotatable bonds is 6. The molecule has 1 heterocycles. The first-order valence-electron chi connectivity index (χ1n) is 9.14. The zero-order chi connectivity index (χ0) is 21.2. The molecule has 0 saturated carbocycles. The second-order valence-corrected chi connectivity index (χ2v) is 8.41. The number of hydrazine groups is 1. The van der Waals surface area contributed by atoms with Crippen molar-refractivity contribution in [3.05, 3.63) is 69.6 Å². The Balaban J connectivity index is 1.93. The van der Waals surface area contributed by atoms with Gasteiger partial charge in [0.2, 0.25) is 0 Å². The van der Waals surface area contributed by atoms with Crippen molar-refractivity contribution in [2.75, 3.05) is 0 Å². The van der Waals surface area contributed by atoms with E-state index in [4.69, 9.17) is 0 Å². The Morgan fingerprint density at radius 2 is 1.76 bits per heavy atom. The molecule has 0 atom stereocenters. The molecule has 2 N–H and O–H groups in total. The van der Waals surface area contributed by atoms with Gasteiger partial charge < -0.3 is 0 Å². The van der Waals surface area contributed by atoms with Crippen molar-refractivity contribution in [2.45, 2.75) is 38.6 Å². The molecular formula is C20H22N4O4S. The predicted molar refractivity (Wildman–Crippen MR) is 110 cm³/mol. The second-order valence-electron chi connectivity index (χ2n) is 6.73. The number of amides is 1. The van der Waals surface area contributed by atoms with E-state index in [-0.39, 0.29) is 16.1 Å². The number of carbonyl (C=O) groups excluding carboxylic acids is 1. The smallest absolute Gasteiger partial charge is 0.272 e. The normalized spacial score (nSPS) is 11.6. The highest BCUT2D eigenvalue weighted by Gasteiger charge is 2.20. The average Bonchev–Trinajstić information content (AvgIpc) is 2.70. The molecule has 1 amide bonds. The lowest BCUT2D eigenvalue weighted by Crippen LogP contribution is -2.42. The van der Waals surface area contributed by atoms with Crippen LogP contribution in [0, 0.1) is 13.8 Å². The molecule has 152 valence electrons. The lowest BCUT2D eigenvalue weighted by atomic mass is 10.1. The van der Waals surface area contributed by atoms with E-state index in [1.165, 1.54) is 16.8 Å². The average molecular weight is 414 g/mol. The zero-order valence-electron chi connectivity index (χ0n) is 16.4. The van der Waals surface area contributed by atoms with Crippen molar-refractivity contribution < 1.29 is 13.2 Å². The van der Waals surface area contributed by atoms with Crippen LogP contribution in [0.4, 0.5) is 0 Å². The van der Waals surface area contributed by atoms with Gasteiger partial charge in [0.25, 0.3) is 21.5 Å². The number of aryl methyl sites for hydroxylation is 3. The van der Waals surface area contributed by atoms with E-state index in [9.17, 15) is 18.0 Å². The summed E-state index contributed by atoms with van der Waals surface area (Å²) in [7, 11) is -3.96. The fraction of sp³-hybridized carbons (Fsp3) is 0.250. The van der Waals surface area contributed by atoms with Crippen LogP contribution in [0.15, 0.2) is 52.2 Å². The summed E-state index contributed by atoms with van der Waals surface area (Å²) in [6, 6.07) is 11.3. The van der Waals surface area contributed by atoms with Crippen LogP contribution < -0.4 is 15.8 Å². The number of aromatic nitrogens is 2. The van der Waals surface area contributed by atoms with Gasteiger partial charge in [-0.15, -0.1) is 4.83 Å². The second kappa shape index (κ2) is 8.14. The van der Waals surface area contributed by atoms with E-state index in [0.29, 0.717) is 23.7 Å². The SMILES string of the molecule is CCCn1nc(C(=O)NNS(=O)(=O)c2ccc(C)c(C)c2)c2ccccc2c1=O. The van der Waals surface area contributed by atoms with Gasteiger partial charge >= 0.3 is 0 Å². The number of carbonyl (C=O) groups is 1.